The molecule has 1 N–H and O–H groups in total. The van der Waals surface area contributed by atoms with E-state index in [-0.39, 0.29) is 24.0 Å². The van der Waals surface area contributed by atoms with Crippen LogP contribution in [0.2, 0.25) is 0 Å². The van der Waals surface area contributed by atoms with E-state index in [0.29, 0.717) is 12.2 Å². The fourth-order valence-electron chi connectivity index (χ4n) is 2.60. The van der Waals surface area contributed by atoms with E-state index in [9.17, 15) is 13.2 Å². The maximum absolute atomic E-state index is 13.0. The summed E-state index contributed by atoms with van der Waals surface area (Å²) in [7, 11) is 0. The van der Waals surface area contributed by atoms with Crippen LogP contribution in [0.15, 0.2) is 18.2 Å². The minimum absolute atomic E-state index is 0. The van der Waals surface area contributed by atoms with Crippen molar-refractivity contribution in [3.63, 3.8) is 0 Å². The van der Waals surface area contributed by atoms with Gasteiger partial charge in [-0.25, -0.2) is 0 Å². The molecule has 3 nitrogen and oxygen atoms in total. The molecule has 21 heavy (non-hydrogen) atoms. The number of nitriles is 1. The third-order valence-corrected chi connectivity index (χ3v) is 3.58. The summed E-state index contributed by atoms with van der Waals surface area (Å²) in [6.07, 6.45) is -3.59. The van der Waals surface area contributed by atoms with Gasteiger partial charge in [0, 0.05) is 24.8 Å². The lowest BCUT2D eigenvalue weighted by Crippen LogP contribution is -2.36. The molecule has 0 spiro atoms. The molecule has 0 amide bonds. The molecule has 0 bridgehead atoms. The molecule has 1 aliphatic heterocycles. The van der Waals surface area contributed by atoms with Gasteiger partial charge in [0.1, 0.15) is 0 Å². The van der Waals surface area contributed by atoms with Gasteiger partial charge in [-0.2, -0.15) is 18.4 Å². The number of hydrogen-bond donors (Lipinski definition) is 1. The quantitative estimate of drug-likeness (QED) is 0.930. The molecule has 0 saturated carbocycles. The van der Waals surface area contributed by atoms with Crippen molar-refractivity contribution in [1.29, 1.82) is 5.26 Å². The SMILES string of the molecule is CCN(c1ccc(C#N)c(C(F)(F)F)c1)C1CCNC1.Cl. The summed E-state index contributed by atoms with van der Waals surface area (Å²) >= 11 is 0. The van der Waals surface area contributed by atoms with Crippen molar-refractivity contribution in [1.82, 2.24) is 5.32 Å². The number of rotatable bonds is 3. The minimum Gasteiger partial charge on any atom is -0.367 e. The minimum atomic E-state index is -4.51. The molecule has 7 heteroatoms. The molecule has 1 aliphatic rings. The Bertz CT molecular complexity index is 519. The molecule has 116 valence electrons. The van der Waals surface area contributed by atoms with Crippen LogP contribution >= 0.6 is 12.4 Å². The molecule has 0 aliphatic carbocycles. The lowest BCUT2D eigenvalue weighted by atomic mass is 10.1. The second-order valence-electron chi connectivity index (χ2n) is 4.77. The van der Waals surface area contributed by atoms with E-state index >= 15 is 0 Å². The number of halogens is 4. The summed E-state index contributed by atoms with van der Waals surface area (Å²) in [6, 6.07) is 5.74. The molecule has 1 atom stereocenters. The van der Waals surface area contributed by atoms with Crippen LogP contribution in [-0.2, 0) is 6.18 Å². The number of nitrogens with zero attached hydrogens (tertiary/aromatic N) is 2. The maximum Gasteiger partial charge on any atom is 0.417 e. The molecular formula is C14H17ClF3N3. The second kappa shape index (κ2) is 7.01. The largest absolute Gasteiger partial charge is 0.417 e. The van der Waals surface area contributed by atoms with Crippen LogP contribution in [0.5, 0.6) is 0 Å². The highest BCUT2D eigenvalue weighted by Crippen LogP contribution is 2.35. The van der Waals surface area contributed by atoms with Gasteiger partial charge >= 0.3 is 6.18 Å². The first-order valence-corrected chi connectivity index (χ1v) is 6.56. The van der Waals surface area contributed by atoms with Crippen LogP contribution in [0.4, 0.5) is 18.9 Å². The summed E-state index contributed by atoms with van der Waals surface area (Å²) in [5, 5.41) is 12.0. The number of nitrogens with one attached hydrogen (secondary N) is 1. The highest BCUT2D eigenvalue weighted by atomic mass is 35.5. The monoisotopic (exact) mass is 319 g/mol. The number of benzene rings is 1. The van der Waals surface area contributed by atoms with Crippen molar-refractivity contribution in [3.05, 3.63) is 29.3 Å². The molecule has 0 radical (unpaired) electrons. The number of alkyl halides is 3. The normalized spacial score (nSPS) is 18.0. The molecule has 2 rings (SSSR count). The first-order chi connectivity index (χ1) is 9.47. The molecular weight excluding hydrogens is 303 g/mol. The zero-order valence-corrected chi connectivity index (χ0v) is 12.4. The number of hydrogen-bond acceptors (Lipinski definition) is 3. The van der Waals surface area contributed by atoms with Crippen LogP contribution in [0.25, 0.3) is 0 Å². The Balaban J connectivity index is 0.00000220. The summed E-state index contributed by atoms with van der Waals surface area (Å²) in [5.41, 5.74) is -0.670. The Kier molecular flexibility index (Phi) is 5.87. The van der Waals surface area contributed by atoms with Crippen molar-refractivity contribution in [2.24, 2.45) is 0 Å². The second-order valence-corrected chi connectivity index (χ2v) is 4.77. The van der Waals surface area contributed by atoms with Crippen molar-refractivity contribution in [2.45, 2.75) is 25.6 Å². The van der Waals surface area contributed by atoms with Crippen LogP contribution < -0.4 is 10.2 Å². The third kappa shape index (κ3) is 3.80. The Labute approximate surface area is 128 Å². The molecule has 0 aromatic heterocycles. The molecule has 1 heterocycles. The first-order valence-electron chi connectivity index (χ1n) is 6.56. The van der Waals surface area contributed by atoms with Crippen LogP contribution in [0, 0.1) is 11.3 Å². The maximum atomic E-state index is 13.0. The zero-order valence-electron chi connectivity index (χ0n) is 11.6. The summed E-state index contributed by atoms with van der Waals surface area (Å²) in [4.78, 5) is 1.95. The lowest BCUT2D eigenvalue weighted by Gasteiger charge is -2.30. The molecule has 1 aromatic carbocycles. The van der Waals surface area contributed by atoms with Gasteiger partial charge < -0.3 is 10.2 Å². The Morgan fingerprint density at radius 1 is 1.43 bits per heavy atom. The average molecular weight is 320 g/mol. The summed E-state index contributed by atoms with van der Waals surface area (Å²) in [6.45, 7) is 4.21. The predicted molar refractivity (Wildman–Crippen MR) is 77.7 cm³/mol. The van der Waals surface area contributed by atoms with Gasteiger partial charge in [0.2, 0.25) is 0 Å². The molecule has 1 aromatic rings. The van der Waals surface area contributed by atoms with Gasteiger partial charge in [0.05, 0.1) is 17.2 Å². The standard InChI is InChI=1S/C14H16F3N3.ClH/c1-2-20(12-5-6-19-9-12)11-4-3-10(8-18)13(7-11)14(15,16)17;/h3-4,7,12,19H,2,5-6,9H2,1H3;1H. The van der Waals surface area contributed by atoms with Crippen LogP contribution in [-0.4, -0.2) is 25.7 Å². The zero-order chi connectivity index (χ0) is 14.8. The Morgan fingerprint density at radius 2 is 2.14 bits per heavy atom. The van der Waals surface area contributed by atoms with Gasteiger partial charge in [-0.3, -0.25) is 0 Å². The van der Waals surface area contributed by atoms with Gasteiger partial charge in [0.15, 0.2) is 0 Å². The summed E-state index contributed by atoms with van der Waals surface area (Å²) in [5.74, 6) is 0. The number of likely N-dealkylation sites (N-methyl/N-ethyl adjacent to an activating group) is 1. The number of anilines is 1. The highest BCUT2D eigenvalue weighted by Gasteiger charge is 2.34. The predicted octanol–water partition coefficient (Wildman–Crippen LogP) is 3.19. The Morgan fingerprint density at radius 3 is 2.62 bits per heavy atom. The third-order valence-electron chi connectivity index (χ3n) is 3.58. The van der Waals surface area contributed by atoms with E-state index in [2.05, 4.69) is 5.32 Å². The summed E-state index contributed by atoms with van der Waals surface area (Å²) < 4.78 is 38.9. The van der Waals surface area contributed by atoms with E-state index in [1.807, 2.05) is 11.8 Å². The van der Waals surface area contributed by atoms with E-state index in [4.69, 9.17) is 5.26 Å². The van der Waals surface area contributed by atoms with Gasteiger partial charge in [0.25, 0.3) is 0 Å². The molecule has 1 fully saturated rings. The van der Waals surface area contributed by atoms with Gasteiger partial charge in [-0.05, 0) is 38.1 Å². The highest BCUT2D eigenvalue weighted by molar-refractivity contribution is 5.85. The fourth-order valence-corrected chi connectivity index (χ4v) is 2.60. The van der Waals surface area contributed by atoms with Gasteiger partial charge in [-0.15, -0.1) is 12.4 Å². The average Bonchev–Trinajstić information content (AvgIpc) is 2.92. The van der Waals surface area contributed by atoms with Crippen molar-refractivity contribution in [2.75, 3.05) is 24.5 Å². The van der Waals surface area contributed by atoms with Crippen LogP contribution in [0.3, 0.4) is 0 Å². The van der Waals surface area contributed by atoms with Crippen molar-refractivity contribution >= 4 is 18.1 Å². The van der Waals surface area contributed by atoms with E-state index < -0.39 is 11.7 Å². The van der Waals surface area contributed by atoms with Crippen LogP contribution in [0.1, 0.15) is 24.5 Å². The van der Waals surface area contributed by atoms with E-state index in [1.54, 1.807) is 12.1 Å². The Hall–Kier alpha value is -1.45. The van der Waals surface area contributed by atoms with E-state index in [0.717, 1.165) is 25.6 Å². The topological polar surface area (TPSA) is 39.1 Å². The fraction of sp³-hybridized carbons (Fsp3) is 0.500. The lowest BCUT2D eigenvalue weighted by molar-refractivity contribution is -0.137. The smallest absolute Gasteiger partial charge is 0.367 e. The molecule has 1 unspecified atom stereocenters. The molecule has 1 saturated heterocycles. The van der Waals surface area contributed by atoms with Gasteiger partial charge in [-0.1, -0.05) is 0 Å². The first kappa shape index (κ1) is 17.6. The van der Waals surface area contributed by atoms with Crippen molar-refractivity contribution < 1.29 is 13.2 Å². The van der Waals surface area contributed by atoms with Crippen molar-refractivity contribution in [3.8, 4) is 6.07 Å². The van der Waals surface area contributed by atoms with E-state index in [1.165, 1.54) is 6.07 Å².